The molecule has 1 aromatic carbocycles. The molecule has 1 N–H and O–H groups in total. The van der Waals surface area contributed by atoms with Gasteiger partial charge in [-0.15, -0.1) is 0 Å². The van der Waals surface area contributed by atoms with E-state index in [0.717, 1.165) is 41.9 Å². The highest BCUT2D eigenvalue weighted by Crippen LogP contribution is 2.30. The van der Waals surface area contributed by atoms with Crippen LogP contribution in [0.15, 0.2) is 41.1 Å². The summed E-state index contributed by atoms with van der Waals surface area (Å²) in [6, 6.07) is 7.78. The van der Waals surface area contributed by atoms with Crippen LogP contribution in [0.1, 0.15) is 37.8 Å². The maximum absolute atomic E-state index is 12.3. The van der Waals surface area contributed by atoms with Gasteiger partial charge < -0.3 is 10.2 Å². The van der Waals surface area contributed by atoms with Gasteiger partial charge in [0, 0.05) is 30.4 Å². The van der Waals surface area contributed by atoms with E-state index in [9.17, 15) is 9.59 Å². The van der Waals surface area contributed by atoms with Gasteiger partial charge in [0.1, 0.15) is 0 Å². The van der Waals surface area contributed by atoms with Crippen molar-refractivity contribution in [1.29, 1.82) is 0 Å². The van der Waals surface area contributed by atoms with Gasteiger partial charge in [-0.3, -0.25) is 9.59 Å². The van der Waals surface area contributed by atoms with E-state index in [1.807, 2.05) is 39.9 Å². The average molecular weight is 369 g/mol. The Labute approximate surface area is 158 Å². The molecule has 2 aromatic rings. The van der Waals surface area contributed by atoms with Crippen LogP contribution in [0.5, 0.6) is 0 Å². The maximum Gasteiger partial charge on any atom is 0.248 e. The molecule has 26 heavy (non-hydrogen) atoms. The first-order valence-electron chi connectivity index (χ1n) is 8.97. The van der Waals surface area contributed by atoms with Crippen LogP contribution >= 0.6 is 11.3 Å². The second-order valence-electron chi connectivity index (χ2n) is 6.95. The molecular weight excluding hydrogens is 344 g/mol. The van der Waals surface area contributed by atoms with Crippen molar-refractivity contribution in [3.63, 3.8) is 0 Å². The van der Waals surface area contributed by atoms with Gasteiger partial charge in [0.15, 0.2) is 0 Å². The van der Waals surface area contributed by atoms with Crippen LogP contribution in [-0.4, -0.2) is 18.4 Å². The predicted molar refractivity (Wildman–Crippen MR) is 109 cm³/mol. The number of nitrogens with one attached hydrogen (secondary N) is 1. The Morgan fingerprint density at radius 2 is 2.15 bits per heavy atom. The molecule has 2 heterocycles. The minimum Gasteiger partial charge on any atom is -0.323 e. The summed E-state index contributed by atoms with van der Waals surface area (Å²) in [7, 11) is 0. The molecule has 0 radical (unpaired) electrons. The van der Waals surface area contributed by atoms with E-state index in [1.54, 1.807) is 23.5 Å². The Morgan fingerprint density at radius 3 is 2.88 bits per heavy atom. The lowest BCUT2D eigenvalue weighted by atomic mass is 9.99. The normalized spacial score (nSPS) is 14.1. The second kappa shape index (κ2) is 8.32. The highest BCUT2D eigenvalue weighted by atomic mass is 32.1. The molecule has 3 rings (SSSR count). The highest BCUT2D eigenvalue weighted by Gasteiger charge is 2.24. The monoisotopic (exact) mass is 368 g/mol. The number of thiophene rings is 1. The van der Waals surface area contributed by atoms with Gasteiger partial charge >= 0.3 is 0 Å². The number of anilines is 2. The summed E-state index contributed by atoms with van der Waals surface area (Å²) in [5.41, 5.74) is 3.89. The number of fused-ring (bicyclic) bond motifs is 1. The molecule has 0 spiro atoms. The second-order valence-corrected chi connectivity index (χ2v) is 7.73. The summed E-state index contributed by atoms with van der Waals surface area (Å²) in [6.07, 6.45) is 5.58. The standard InChI is InChI=1S/C21H24N2O2S/c1-15(2)9-11-23-19-6-5-18(13-17(19)4-8-21(23)25)22-20(24)7-3-16-10-12-26-14-16/h3,5-7,10,12-15H,4,8-9,11H2,1-2H3,(H,22,24)/b7-3+. The van der Waals surface area contributed by atoms with Crippen LogP contribution in [0, 0.1) is 5.92 Å². The molecule has 0 bridgehead atoms. The predicted octanol–water partition coefficient (Wildman–Crippen LogP) is 4.73. The molecule has 0 aliphatic carbocycles. The Bertz CT molecular complexity index is 809. The molecule has 1 aliphatic rings. The van der Waals surface area contributed by atoms with Gasteiger partial charge in [0.2, 0.25) is 11.8 Å². The van der Waals surface area contributed by atoms with Gasteiger partial charge in [-0.25, -0.2) is 0 Å². The molecule has 0 atom stereocenters. The van der Waals surface area contributed by atoms with Crippen molar-refractivity contribution in [3.8, 4) is 0 Å². The smallest absolute Gasteiger partial charge is 0.248 e. The minimum atomic E-state index is -0.153. The first kappa shape index (κ1) is 18.4. The van der Waals surface area contributed by atoms with Crippen molar-refractivity contribution >= 4 is 40.6 Å². The summed E-state index contributed by atoms with van der Waals surface area (Å²) in [5, 5.41) is 6.88. The lowest BCUT2D eigenvalue weighted by Crippen LogP contribution is -2.36. The van der Waals surface area contributed by atoms with Crippen LogP contribution < -0.4 is 10.2 Å². The number of amides is 2. The molecule has 5 heteroatoms. The van der Waals surface area contributed by atoms with Crippen molar-refractivity contribution in [2.45, 2.75) is 33.1 Å². The van der Waals surface area contributed by atoms with Crippen molar-refractivity contribution in [1.82, 2.24) is 0 Å². The topological polar surface area (TPSA) is 49.4 Å². The minimum absolute atomic E-state index is 0.153. The first-order chi connectivity index (χ1) is 12.5. The number of carbonyl (C=O) groups is 2. The van der Waals surface area contributed by atoms with Crippen molar-refractivity contribution in [2.75, 3.05) is 16.8 Å². The number of benzene rings is 1. The SMILES string of the molecule is CC(C)CCN1C(=O)CCc2cc(NC(=O)/C=C/c3ccsc3)ccc21. The summed E-state index contributed by atoms with van der Waals surface area (Å²) < 4.78 is 0. The van der Waals surface area contributed by atoms with Crippen molar-refractivity contribution in [3.05, 3.63) is 52.2 Å². The summed E-state index contributed by atoms with van der Waals surface area (Å²) in [5.74, 6) is 0.593. The quantitative estimate of drug-likeness (QED) is 0.750. The molecule has 2 amide bonds. The zero-order valence-corrected chi connectivity index (χ0v) is 16.0. The van der Waals surface area contributed by atoms with Crippen LogP contribution in [0.4, 0.5) is 11.4 Å². The van der Waals surface area contributed by atoms with E-state index >= 15 is 0 Å². The van der Waals surface area contributed by atoms with Crippen molar-refractivity contribution < 1.29 is 9.59 Å². The van der Waals surface area contributed by atoms with Gasteiger partial charge in [-0.1, -0.05) is 13.8 Å². The molecule has 136 valence electrons. The number of hydrogen-bond donors (Lipinski definition) is 1. The lowest BCUT2D eigenvalue weighted by molar-refractivity contribution is -0.119. The number of carbonyl (C=O) groups excluding carboxylic acids is 2. The molecule has 0 fully saturated rings. The molecule has 4 nitrogen and oxygen atoms in total. The van der Waals surface area contributed by atoms with Crippen molar-refractivity contribution in [2.24, 2.45) is 5.92 Å². The molecule has 0 saturated carbocycles. The fraction of sp³-hybridized carbons (Fsp3) is 0.333. The van der Waals surface area contributed by atoms with E-state index in [0.29, 0.717) is 12.3 Å². The van der Waals surface area contributed by atoms with E-state index < -0.39 is 0 Å². The number of hydrogen-bond acceptors (Lipinski definition) is 3. The molecule has 0 saturated heterocycles. The molecule has 1 aliphatic heterocycles. The van der Waals surface area contributed by atoms with E-state index in [-0.39, 0.29) is 11.8 Å². The Kier molecular flexibility index (Phi) is 5.89. The number of nitrogens with zero attached hydrogens (tertiary/aromatic N) is 1. The van der Waals surface area contributed by atoms with Crippen LogP contribution in [0.3, 0.4) is 0 Å². The average Bonchev–Trinajstić information content (AvgIpc) is 3.12. The lowest BCUT2D eigenvalue weighted by Gasteiger charge is -2.30. The number of rotatable bonds is 6. The van der Waals surface area contributed by atoms with Gasteiger partial charge in [-0.05, 0) is 71.0 Å². The van der Waals surface area contributed by atoms with Crippen LogP contribution in [0.2, 0.25) is 0 Å². The van der Waals surface area contributed by atoms with E-state index in [1.165, 1.54) is 0 Å². The number of aryl methyl sites for hydroxylation is 1. The summed E-state index contributed by atoms with van der Waals surface area (Å²) in [6.45, 7) is 5.08. The largest absolute Gasteiger partial charge is 0.323 e. The molecule has 0 unspecified atom stereocenters. The zero-order valence-electron chi connectivity index (χ0n) is 15.2. The van der Waals surface area contributed by atoms with Crippen LogP contribution in [0.25, 0.3) is 6.08 Å². The van der Waals surface area contributed by atoms with E-state index in [4.69, 9.17) is 0 Å². The fourth-order valence-electron chi connectivity index (χ4n) is 3.00. The van der Waals surface area contributed by atoms with Gasteiger partial charge in [0.05, 0.1) is 0 Å². The maximum atomic E-state index is 12.3. The Hall–Kier alpha value is -2.40. The Morgan fingerprint density at radius 1 is 1.31 bits per heavy atom. The summed E-state index contributed by atoms with van der Waals surface area (Å²) in [4.78, 5) is 26.3. The van der Waals surface area contributed by atoms with E-state index in [2.05, 4.69) is 19.2 Å². The third-order valence-corrected chi connectivity index (χ3v) is 5.15. The summed E-state index contributed by atoms with van der Waals surface area (Å²) >= 11 is 1.60. The Balaban J connectivity index is 1.70. The van der Waals surface area contributed by atoms with Gasteiger partial charge in [-0.2, -0.15) is 11.3 Å². The fourth-order valence-corrected chi connectivity index (χ4v) is 3.62. The first-order valence-corrected chi connectivity index (χ1v) is 9.92. The zero-order chi connectivity index (χ0) is 18.5. The molecule has 1 aromatic heterocycles. The third kappa shape index (κ3) is 4.61. The van der Waals surface area contributed by atoms with Gasteiger partial charge in [0.25, 0.3) is 0 Å². The third-order valence-electron chi connectivity index (χ3n) is 4.45. The molecular formula is C21H24N2O2S. The highest BCUT2D eigenvalue weighted by molar-refractivity contribution is 7.08. The van der Waals surface area contributed by atoms with Crippen LogP contribution in [-0.2, 0) is 16.0 Å².